The molecule has 1 atom stereocenters. The van der Waals surface area contributed by atoms with E-state index < -0.39 is 5.97 Å². The monoisotopic (exact) mass is 258 g/mol. The number of aryl methyl sites for hydroxylation is 2. The zero-order chi connectivity index (χ0) is 13.2. The minimum atomic E-state index is -0.636. The van der Waals surface area contributed by atoms with E-state index in [1.165, 1.54) is 36.8 Å². The molecule has 0 amide bonds. The van der Waals surface area contributed by atoms with Crippen molar-refractivity contribution in [1.82, 2.24) is 0 Å². The summed E-state index contributed by atoms with van der Waals surface area (Å²) in [6.07, 6.45) is 9.35. The molecule has 0 radical (unpaired) electrons. The molecule has 1 N–H and O–H groups in total. The predicted molar refractivity (Wildman–Crippen MR) is 75.4 cm³/mol. The summed E-state index contributed by atoms with van der Waals surface area (Å²) in [5.74, 6) is -0.573. The van der Waals surface area contributed by atoms with Crippen molar-refractivity contribution >= 4 is 5.97 Å². The third-order valence-electron chi connectivity index (χ3n) is 4.87. The molecule has 2 nitrogen and oxygen atoms in total. The SMILES string of the molecule is O=C(O)C(c1ccc2c(c1)CCCC2)C1CCCC1. The number of carboxylic acid groups (broad SMARTS) is 1. The minimum absolute atomic E-state index is 0.283. The van der Waals surface area contributed by atoms with Crippen molar-refractivity contribution in [2.75, 3.05) is 0 Å². The van der Waals surface area contributed by atoms with Crippen LogP contribution in [0.4, 0.5) is 0 Å². The summed E-state index contributed by atoms with van der Waals surface area (Å²) in [5, 5.41) is 9.59. The van der Waals surface area contributed by atoms with Gasteiger partial charge in [-0.2, -0.15) is 0 Å². The molecule has 0 spiro atoms. The second-order valence-electron chi connectivity index (χ2n) is 6.10. The quantitative estimate of drug-likeness (QED) is 0.892. The summed E-state index contributed by atoms with van der Waals surface area (Å²) in [7, 11) is 0. The van der Waals surface area contributed by atoms with Crippen LogP contribution in [0.5, 0.6) is 0 Å². The fourth-order valence-corrected chi connectivity index (χ4v) is 3.85. The van der Waals surface area contributed by atoms with Crippen LogP contribution in [0.2, 0.25) is 0 Å². The summed E-state index contributed by atoms with van der Waals surface area (Å²) < 4.78 is 0. The zero-order valence-electron chi connectivity index (χ0n) is 11.4. The first kappa shape index (κ1) is 12.7. The first-order valence-electron chi connectivity index (χ1n) is 7.60. The molecule has 0 aliphatic heterocycles. The van der Waals surface area contributed by atoms with Gasteiger partial charge in [-0.15, -0.1) is 0 Å². The van der Waals surface area contributed by atoms with E-state index in [2.05, 4.69) is 18.2 Å². The van der Waals surface area contributed by atoms with E-state index in [-0.39, 0.29) is 5.92 Å². The van der Waals surface area contributed by atoms with Crippen LogP contribution in [0.25, 0.3) is 0 Å². The number of fused-ring (bicyclic) bond motifs is 1. The van der Waals surface area contributed by atoms with Gasteiger partial charge in [-0.05, 0) is 61.1 Å². The number of hydrogen-bond donors (Lipinski definition) is 1. The predicted octanol–water partition coefficient (Wildman–Crippen LogP) is 3.92. The van der Waals surface area contributed by atoms with Crippen molar-refractivity contribution in [3.8, 4) is 0 Å². The number of rotatable bonds is 3. The molecule has 102 valence electrons. The van der Waals surface area contributed by atoms with Crippen molar-refractivity contribution in [1.29, 1.82) is 0 Å². The molecular formula is C17H22O2. The van der Waals surface area contributed by atoms with Gasteiger partial charge in [0.2, 0.25) is 0 Å². The van der Waals surface area contributed by atoms with Crippen LogP contribution in [0.3, 0.4) is 0 Å². The average Bonchev–Trinajstić information content (AvgIpc) is 2.92. The van der Waals surface area contributed by atoms with Crippen LogP contribution in [-0.2, 0) is 17.6 Å². The molecular weight excluding hydrogens is 236 g/mol. The van der Waals surface area contributed by atoms with Gasteiger partial charge in [0.25, 0.3) is 0 Å². The zero-order valence-corrected chi connectivity index (χ0v) is 11.4. The second kappa shape index (κ2) is 5.36. The largest absolute Gasteiger partial charge is 0.481 e. The molecule has 0 aromatic heterocycles. The van der Waals surface area contributed by atoms with E-state index in [9.17, 15) is 9.90 Å². The highest BCUT2D eigenvalue weighted by molar-refractivity contribution is 5.76. The highest BCUT2D eigenvalue weighted by Crippen LogP contribution is 2.38. The van der Waals surface area contributed by atoms with E-state index in [0.717, 1.165) is 31.2 Å². The smallest absolute Gasteiger partial charge is 0.311 e. The van der Waals surface area contributed by atoms with Crippen LogP contribution < -0.4 is 0 Å². The van der Waals surface area contributed by atoms with Crippen LogP contribution >= 0.6 is 0 Å². The van der Waals surface area contributed by atoms with Crippen LogP contribution in [0.1, 0.15) is 61.1 Å². The molecule has 0 heterocycles. The molecule has 19 heavy (non-hydrogen) atoms. The van der Waals surface area contributed by atoms with Gasteiger partial charge in [0, 0.05) is 0 Å². The molecule has 1 unspecified atom stereocenters. The number of hydrogen-bond acceptors (Lipinski definition) is 1. The average molecular weight is 258 g/mol. The van der Waals surface area contributed by atoms with Crippen molar-refractivity contribution in [2.45, 2.75) is 57.3 Å². The molecule has 1 saturated carbocycles. The Balaban J connectivity index is 1.91. The molecule has 2 aliphatic carbocycles. The van der Waals surface area contributed by atoms with E-state index in [4.69, 9.17) is 0 Å². The van der Waals surface area contributed by atoms with E-state index in [0.29, 0.717) is 5.92 Å². The third-order valence-corrected chi connectivity index (χ3v) is 4.87. The highest BCUT2D eigenvalue weighted by atomic mass is 16.4. The lowest BCUT2D eigenvalue weighted by Crippen LogP contribution is -2.20. The lowest BCUT2D eigenvalue weighted by molar-refractivity contribution is -0.140. The number of carboxylic acids is 1. The van der Waals surface area contributed by atoms with Crippen molar-refractivity contribution in [3.63, 3.8) is 0 Å². The molecule has 0 bridgehead atoms. The summed E-state index contributed by atoms with van der Waals surface area (Å²) >= 11 is 0. The van der Waals surface area contributed by atoms with Gasteiger partial charge < -0.3 is 5.11 Å². The summed E-state index contributed by atoms with van der Waals surface area (Å²) in [6, 6.07) is 6.43. The number of benzene rings is 1. The highest BCUT2D eigenvalue weighted by Gasteiger charge is 2.32. The Hall–Kier alpha value is -1.31. The fourth-order valence-electron chi connectivity index (χ4n) is 3.85. The van der Waals surface area contributed by atoms with Gasteiger partial charge in [-0.1, -0.05) is 31.0 Å². The Bertz CT molecular complexity index is 472. The fraction of sp³-hybridized carbons (Fsp3) is 0.588. The number of aliphatic carboxylic acids is 1. The van der Waals surface area contributed by atoms with E-state index >= 15 is 0 Å². The first-order chi connectivity index (χ1) is 9.25. The lowest BCUT2D eigenvalue weighted by atomic mass is 9.82. The molecule has 2 heteroatoms. The molecule has 1 aromatic carbocycles. The van der Waals surface area contributed by atoms with E-state index in [1.54, 1.807) is 0 Å². The Morgan fingerprint density at radius 3 is 2.42 bits per heavy atom. The van der Waals surface area contributed by atoms with Gasteiger partial charge >= 0.3 is 5.97 Å². The minimum Gasteiger partial charge on any atom is -0.481 e. The van der Waals surface area contributed by atoms with Gasteiger partial charge in [0.15, 0.2) is 0 Å². The molecule has 3 rings (SSSR count). The topological polar surface area (TPSA) is 37.3 Å². The standard InChI is InChI=1S/C17H22O2/c18-17(19)16(13-6-2-3-7-13)15-10-9-12-5-1-4-8-14(12)11-15/h9-11,13,16H,1-8H2,(H,18,19). The molecule has 2 aliphatic rings. The Morgan fingerprint density at radius 2 is 1.74 bits per heavy atom. The number of carbonyl (C=O) groups is 1. The van der Waals surface area contributed by atoms with Crippen LogP contribution in [0, 0.1) is 5.92 Å². The molecule has 1 aromatic rings. The van der Waals surface area contributed by atoms with Crippen molar-refractivity contribution in [3.05, 3.63) is 34.9 Å². The Morgan fingerprint density at radius 1 is 1.05 bits per heavy atom. The summed E-state index contributed by atoms with van der Waals surface area (Å²) in [4.78, 5) is 11.7. The third kappa shape index (κ3) is 2.54. The van der Waals surface area contributed by atoms with Crippen LogP contribution in [0.15, 0.2) is 18.2 Å². The Labute approximate surface area is 114 Å². The van der Waals surface area contributed by atoms with Gasteiger partial charge in [0.05, 0.1) is 5.92 Å². The van der Waals surface area contributed by atoms with Crippen molar-refractivity contribution in [2.24, 2.45) is 5.92 Å². The Kier molecular flexibility index (Phi) is 3.58. The lowest BCUT2D eigenvalue weighted by Gasteiger charge is -2.23. The maximum absolute atomic E-state index is 11.7. The normalized spacial score (nSPS) is 21.1. The second-order valence-corrected chi connectivity index (χ2v) is 6.10. The molecule has 0 saturated heterocycles. The van der Waals surface area contributed by atoms with Gasteiger partial charge in [0.1, 0.15) is 0 Å². The molecule has 1 fully saturated rings. The van der Waals surface area contributed by atoms with Crippen LogP contribution in [-0.4, -0.2) is 11.1 Å². The first-order valence-corrected chi connectivity index (χ1v) is 7.60. The summed E-state index contributed by atoms with van der Waals surface area (Å²) in [6.45, 7) is 0. The van der Waals surface area contributed by atoms with Gasteiger partial charge in [-0.25, -0.2) is 0 Å². The maximum atomic E-state index is 11.7. The van der Waals surface area contributed by atoms with Crippen molar-refractivity contribution < 1.29 is 9.90 Å². The summed E-state index contributed by atoms with van der Waals surface area (Å²) in [5.41, 5.74) is 3.87. The maximum Gasteiger partial charge on any atom is 0.311 e. The van der Waals surface area contributed by atoms with Gasteiger partial charge in [-0.3, -0.25) is 4.79 Å². The van der Waals surface area contributed by atoms with E-state index in [1.807, 2.05) is 0 Å².